The average Bonchev–Trinajstić information content (AvgIpc) is 2.31. The van der Waals surface area contributed by atoms with Crippen LogP contribution < -0.4 is 4.65 Å². The lowest BCUT2D eigenvalue weighted by atomic mass is 10.00. The van der Waals surface area contributed by atoms with Gasteiger partial charge >= 0.3 is 7.69 Å². The van der Waals surface area contributed by atoms with Crippen molar-refractivity contribution in [3.05, 3.63) is 54.1 Å². The molecule has 0 saturated carbocycles. The van der Waals surface area contributed by atoms with Gasteiger partial charge in [-0.1, -0.05) is 42.5 Å². The van der Waals surface area contributed by atoms with Gasteiger partial charge in [-0.2, -0.15) is 0 Å². The Morgan fingerprint density at radius 1 is 0.938 bits per heavy atom. The monoisotopic (exact) mass is 211 g/mol. The van der Waals surface area contributed by atoms with E-state index in [1.807, 2.05) is 42.5 Å². The summed E-state index contributed by atoms with van der Waals surface area (Å²) in [6, 6.07) is 15.7. The Morgan fingerprint density at radius 3 is 2.25 bits per heavy atom. The van der Waals surface area contributed by atoms with Gasteiger partial charge < -0.3 is 9.68 Å². The van der Waals surface area contributed by atoms with Crippen LogP contribution >= 0.6 is 0 Å². The Hall–Kier alpha value is -1.74. The molecule has 0 aliphatic carbocycles. The Bertz CT molecular complexity index is 483. The average molecular weight is 211 g/mol. The van der Waals surface area contributed by atoms with Crippen LogP contribution in [0.5, 0.6) is 5.75 Å². The molecule has 16 heavy (non-hydrogen) atoms. The summed E-state index contributed by atoms with van der Waals surface area (Å²) in [6.45, 7) is 2.05. The molecule has 0 unspecified atom stereocenters. The van der Waals surface area contributed by atoms with E-state index in [9.17, 15) is 0 Å². The first kappa shape index (κ1) is 10.8. The minimum Gasteiger partial charge on any atom is -0.537 e. The van der Waals surface area contributed by atoms with E-state index in [1.54, 1.807) is 0 Å². The summed E-state index contributed by atoms with van der Waals surface area (Å²) in [4.78, 5) is 0. The van der Waals surface area contributed by atoms with Crippen LogP contribution in [0.2, 0.25) is 0 Å². The first-order chi connectivity index (χ1) is 7.83. The highest BCUT2D eigenvalue weighted by molar-refractivity contribution is 6.17. The number of para-hydroxylation sites is 1. The maximum atomic E-state index is 8.71. The van der Waals surface area contributed by atoms with Crippen LogP contribution in [0.25, 0.3) is 11.1 Å². The van der Waals surface area contributed by atoms with Crippen LogP contribution in [-0.2, 0) is 0 Å². The van der Waals surface area contributed by atoms with Gasteiger partial charge in [0.25, 0.3) is 0 Å². The summed E-state index contributed by atoms with van der Waals surface area (Å²) in [5, 5.41) is 8.71. The van der Waals surface area contributed by atoms with E-state index in [2.05, 4.69) is 13.0 Å². The SMILES string of the molecule is Cc1ccccc1-c1ccccc1O[B]O. The van der Waals surface area contributed by atoms with Crippen LogP contribution in [-0.4, -0.2) is 12.7 Å². The second-order valence-electron chi connectivity index (χ2n) is 3.53. The fraction of sp³-hybridized carbons (Fsp3) is 0.0769. The van der Waals surface area contributed by atoms with Crippen molar-refractivity contribution in [1.29, 1.82) is 0 Å². The highest BCUT2D eigenvalue weighted by Gasteiger charge is 2.07. The molecule has 1 N–H and O–H groups in total. The maximum absolute atomic E-state index is 8.71. The number of hydrogen-bond acceptors (Lipinski definition) is 2. The number of rotatable bonds is 3. The Labute approximate surface area is 95.8 Å². The molecular formula is C13H12BO2. The second kappa shape index (κ2) is 4.86. The Morgan fingerprint density at radius 2 is 1.56 bits per heavy atom. The van der Waals surface area contributed by atoms with Gasteiger partial charge in [0.1, 0.15) is 5.75 Å². The van der Waals surface area contributed by atoms with Crippen molar-refractivity contribution in [2.75, 3.05) is 0 Å². The van der Waals surface area contributed by atoms with Crippen molar-refractivity contribution >= 4 is 7.69 Å². The molecule has 2 aromatic carbocycles. The van der Waals surface area contributed by atoms with Crippen LogP contribution in [0.4, 0.5) is 0 Å². The number of hydrogen-bond donors (Lipinski definition) is 1. The van der Waals surface area contributed by atoms with Gasteiger partial charge in [-0.3, -0.25) is 0 Å². The van der Waals surface area contributed by atoms with Gasteiger partial charge in [-0.25, -0.2) is 0 Å². The van der Waals surface area contributed by atoms with E-state index in [4.69, 9.17) is 9.68 Å². The zero-order valence-electron chi connectivity index (χ0n) is 9.05. The molecule has 0 spiro atoms. The lowest BCUT2D eigenvalue weighted by Crippen LogP contribution is -2.01. The highest BCUT2D eigenvalue weighted by atomic mass is 16.5. The molecule has 0 aromatic heterocycles. The molecule has 0 amide bonds. The van der Waals surface area contributed by atoms with Crippen molar-refractivity contribution in [2.24, 2.45) is 0 Å². The van der Waals surface area contributed by atoms with Crippen LogP contribution in [0, 0.1) is 6.92 Å². The first-order valence-corrected chi connectivity index (χ1v) is 5.10. The summed E-state index contributed by atoms with van der Waals surface area (Å²) >= 11 is 0. The predicted molar refractivity (Wildman–Crippen MR) is 65.2 cm³/mol. The number of benzene rings is 2. The Kier molecular flexibility index (Phi) is 3.27. The van der Waals surface area contributed by atoms with Crippen molar-refractivity contribution in [3.63, 3.8) is 0 Å². The molecule has 2 nitrogen and oxygen atoms in total. The molecule has 0 atom stereocenters. The summed E-state index contributed by atoms with van der Waals surface area (Å²) < 4.78 is 5.08. The summed E-state index contributed by atoms with van der Waals surface area (Å²) in [6.07, 6.45) is 0. The molecule has 79 valence electrons. The largest absolute Gasteiger partial charge is 0.569 e. The fourth-order valence-electron chi connectivity index (χ4n) is 1.72. The minimum absolute atomic E-state index is 0.652. The van der Waals surface area contributed by atoms with E-state index in [1.165, 1.54) is 5.56 Å². The maximum Gasteiger partial charge on any atom is 0.569 e. The van der Waals surface area contributed by atoms with E-state index >= 15 is 0 Å². The third-order valence-electron chi connectivity index (χ3n) is 2.50. The topological polar surface area (TPSA) is 29.5 Å². The van der Waals surface area contributed by atoms with Gasteiger partial charge in [0, 0.05) is 5.56 Å². The zero-order valence-corrected chi connectivity index (χ0v) is 9.05. The first-order valence-electron chi connectivity index (χ1n) is 5.10. The lowest BCUT2D eigenvalue weighted by Gasteiger charge is -2.11. The third-order valence-corrected chi connectivity index (χ3v) is 2.50. The number of aryl methyl sites for hydroxylation is 1. The lowest BCUT2D eigenvalue weighted by molar-refractivity contribution is 0.454. The molecule has 1 radical (unpaired) electrons. The predicted octanol–water partition coefficient (Wildman–Crippen LogP) is 2.57. The van der Waals surface area contributed by atoms with E-state index in [-0.39, 0.29) is 0 Å². The third kappa shape index (κ3) is 2.09. The normalized spacial score (nSPS) is 9.88. The van der Waals surface area contributed by atoms with E-state index in [0.29, 0.717) is 13.4 Å². The van der Waals surface area contributed by atoms with Gasteiger partial charge in [0.2, 0.25) is 0 Å². The van der Waals surface area contributed by atoms with Crippen molar-refractivity contribution in [3.8, 4) is 16.9 Å². The smallest absolute Gasteiger partial charge is 0.537 e. The standard InChI is InChI=1S/C13H12BO2/c1-10-6-2-3-7-11(10)12-8-4-5-9-13(12)16-14-15/h2-9,15H,1H3. The summed E-state index contributed by atoms with van der Waals surface area (Å²) in [5.74, 6) is 0.652. The quantitative estimate of drug-likeness (QED) is 0.790. The van der Waals surface area contributed by atoms with Crippen molar-refractivity contribution < 1.29 is 9.68 Å². The van der Waals surface area contributed by atoms with E-state index < -0.39 is 0 Å². The van der Waals surface area contributed by atoms with Crippen molar-refractivity contribution in [2.45, 2.75) is 6.92 Å². The molecule has 0 saturated heterocycles. The van der Waals surface area contributed by atoms with Crippen LogP contribution in [0.3, 0.4) is 0 Å². The summed E-state index contributed by atoms with van der Waals surface area (Å²) in [7, 11) is 0.705. The molecule has 0 fully saturated rings. The molecule has 0 heterocycles. The highest BCUT2D eigenvalue weighted by Crippen LogP contribution is 2.31. The Balaban J connectivity index is 2.51. The van der Waals surface area contributed by atoms with Crippen LogP contribution in [0.1, 0.15) is 5.56 Å². The van der Waals surface area contributed by atoms with Gasteiger partial charge in [-0.15, -0.1) is 0 Å². The van der Waals surface area contributed by atoms with Gasteiger partial charge in [0.15, 0.2) is 0 Å². The van der Waals surface area contributed by atoms with Crippen molar-refractivity contribution in [1.82, 2.24) is 0 Å². The van der Waals surface area contributed by atoms with E-state index in [0.717, 1.165) is 11.1 Å². The fourth-order valence-corrected chi connectivity index (χ4v) is 1.72. The van der Waals surface area contributed by atoms with Crippen LogP contribution in [0.15, 0.2) is 48.5 Å². The molecule has 0 bridgehead atoms. The molecule has 2 aromatic rings. The molecule has 0 aliphatic rings. The molecule has 0 aliphatic heterocycles. The minimum atomic E-state index is 0.652. The molecule has 2 rings (SSSR count). The zero-order chi connectivity index (χ0) is 11.4. The summed E-state index contributed by atoms with van der Waals surface area (Å²) in [5.41, 5.74) is 3.27. The molecule has 3 heteroatoms. The van der Waals surface area contributed by atoms with Gasteiger partial charge in [-0.05, 0) is 24.1 Å². The van der Waals surface area contributed by atoms with Gasteiger partial charge in [0.05, 0.1) is 0 Å². The molecular weight excluding hydrogens is 199 g/mol. The second-order valence-corrected chi connectivity index (χ2v) is 3.53.